The van der Waals surface area contributed by atoms with Gasteiger partial charge in [0, 0.05) is 28.7 Å². The van der Waals surface area contributed by atoms with E-state index in [9.17, 15) is 9.59 Å². The van der Waals surface area contributed by atoms with Crippen molar-refractivity contribution in [2.24, 2.45) is 5.92 Å². The Balaban J connectivity index is 1.78. The Morgan fingerprint density at radius 2 is 1.93 bits per heavy atom. The number of aromatic nitrogens is 4. The van der Waals surface area contributed by atoms with Gasteiger partial charge in [0.2, 0.25) is 5.91 Å². The minimum Gasteiger partial charge on any atom is -0.325 e. The number of amides is 1. The number of rotatable bonds is 8. The largest absolute Gasteiger partial charge is 0.325 e. The molecule has 3 aromatic rings. The standard InChI is InChI=1S/C21H27N5O2S/c1-5-15(6-2)20(28)24-17-9-7-8-10-18(17)29-12-16-11-19(27)26-21(23-16)22-13-25(26)14(3)4/h7-11,13-15H,5-6,12H2,1-4H3,(H,24,28). The van der Waals surface area contributed by atoms with Crippen LogP contribution in [0.2, 0.25) is 0 Å². The molecule has 8 heteroatoms. The van der Waals surface area contributed by atoms with Gasteiger partial charge in [0.1, 0.15) is 6.33 Å². The number of thioether (sulfide) groups is 1. The number of para-hydroxylation sites is 1. The average Bonchev–Trinajstić information content (AvgIpc) is 3.13. The number of benzene rings is 1. The molecule has 154 valence electrons. The minimum atomic E-state index is -0.146. The van der Waals surface area contributed by atoms with Gasteiger partial charge in [-0.15, -0.1) is 11.8 Å². The second-order valence-electron chi connectivity index (χ2n) is 7.20. The number of anilines is 1. The van der Waals surface area contributed by atoms with Gasteiger partial charge >= 0.3 is 0 Å². The molecule has 2 heterocycles. The number of nitrogens with zero attached hydrogens (tertiary/aromatic N) is 4. The highest BCUT2D eigenvalue weighted by Crippen LogP contribution is 2.30. The van der Waals surface area contributed by atoms with Crippen LogP contribution >= 0.6 is 11.8 Å². The van der Waals surface area contributed by atoms with Crippen molar-refractivity contribution in [3.8, 4) is 0 Å². The van der Waals surface area contributed by atoms with Gasteiger partial charge in [0.05, 0.1) is 11.4 Å². The molecule has 0 aliphatic rings. The number of carbonyl (C=O) groups is 1. The van der Waals surface area contributed by atoms with Gasteiger partial charge in [0.15, 0.2) is 0 Å². The van der Waals surface area contributed by atoms with Gasteiger partial charge in [0.25, 0.3) is 11.3 Å². The Labute approximate surface area is 174 Å². The Kier molecular flexibility index (Phi) is 6.74. The maximum absolute atomic E-state index is 12.5. The summed E-state index contributed by atoms with van der Waals surface area (Å²) in [7, 11) is 0. The smallest absolute Gasteiger partial charge is 0.274 e. The summed E-state index contributed by atoms with van der Waals surface area (Å²) in [6.45, 7) is 8.03. The number of fused-ring (bicyclic) bond motifs is 1. The van der Waals surface area contributed by atoms with E-state index in [1.54, 1.807) is 17.1 Å². The molecule has 0 fully saturated rings. The van der Waals surface area contributed by atoms with Gasteiger partial charge in [-0.3, -0.25) is 14.3 Å². The van der Waals surface area contributed by atoms with Crippen LogP contribution in [0.3, 0.4) is 0 Å². The molecule has 0 bridgehead atoms. The van der Waals surface area contributed by atoms with Crippen molar-refractivity contribution in [2.45, 2.75) is 57.2 Å². The van der Waals surface area contributed by atoms with Gasteiger partial charge in [-0.25, -0.2) is 4.98 Å². The third-order valence-corrected chi connectivity index (χ3v) is 5.97. The van der Waals surface area contributed by atoms with Crippen LogP contribution < -0.4 is 10.9 Å². The summed E-state index contributed by atoms with van der Waals surface area (Å²) in [6, 6.07) is 9.37. The highest BCUT2D eigenvalue weighted by Gasteiger charge is 2.16. The quantitative estimate of drug-likeness (QED) is 0.561. The summed E-state index contributed by atoms with van der Waals surface area (Å²) < 4.78 is 3.26. The van der Waals surface area contributed by atoms with Crippen LogP contribution in [0.4, 0.5) is 5.69 Å². The Morgan fingerprint density at radius 1 is 1.21 bits per heavy atom. The summed E-state index contributed by atoms with van der Waals surface area (Å²) in [5.74, 6) is 0.962. The predicted octanol–water partition coefficient (Wildman–Crippen LogP) is 4.14. The highest BCUT2D eigenvalue weighted by atomic mass is 32.2. The fourth-order valence-corrected chi connectivity index (χ4v) is 4.05. The first kappa shape index (κ1) is 21.1. The molecule has 3 rings (SSSR count). The van der Waals surface area contributed by atoms with E-state index >= 15 is 0 Å². The molecule has 2 aromatic heterocycles. The summed E-state index contributed by atoms with van der Waals surface area (Å²) in [4.78, 5) is 34.7. The van der Waals surface area contributed by atoms with Gasteiger partial charge < -0.3 is 5.32 Å². The topological polar surface area (TPSA) is 81.3 Å². The van der Waals surface area contributed by atoms with Gasteiger partial charge in [-0.1, -0.05) is 26.0 Å². The molecule has 0 spiro atoms. The lowest BCUT2D eigenvalue weighted by molar-refractivity contribution is -0.120. The first-order chi connectivity index (χ1) is 13.9. The van der Waals surface area contributed by atoms with E-state index in [0.29, 0.717) is 17.2 Å². The van der Waals surface area contributed by atoms with Crippen LogP contribution in [0.15, 0.2) is 46.3 Å². The van der Waals surface area contributed by atoms with E-state index in [2.05, 4.69) is 15.3 Å². The Morgan fingerprint density at radius 3 is 2.62 bits per heavy atom. The first-order valence-electron chi connectivity index (χ1n) is 9.93. The fourth-order valence-electron chi connectivity index (χ4n) is 3.15. The molecule has 1 amide bonds. The fraction of sp³-hybridized carbons (Fsp3) is 0.429. The summed E-state index contributed by atoms with van der Waals surface area (Å²) in [5.41, 5.74) is 1.30. The third-order valence-electron chi connectivity index (χ3n) is 4.86. The second kappa shape index (κ2) is 9.26. The number of hydrogen-bond acceptors (Lipinski definition) is 5. The Hall–Kier alpha value is -2.61. The van der Waals surface area contributed by atoms with Gasteiger partial charge in [-0.2, -0.15) is 9.50 Å². The molecule has 1 aromatic carbocycles. The maximum atomic E-state index is 12.5. The molecule has 0 radical (unpaired) electrons. The maximum Gasteiger partial charge on any atom is 0.274 e. The molecule has 0 saturated carbocycles. The van der Waals surface area contributed by atoms with Crippen molar-refractivity contribution < 1.29 is 4.79 Å². The zero-order valence-corrected chi connectivity index (χ0v) is 18.1. The highest BCUT2D eigenvalue weighted by molar-refractivity contribution is 7.98. The summed E-state index contributed by atoms with van der Waals surface area (Å²) >= 11 is 1.54. The van der Waals surface area contributed by atoms with E-state index in [1.165, 1.54) is 16.3 Å². The predicted molar refractivity (Wildman–Crippen MR) is 116 cm³/mol. The van der Waals surface area contributed by atoms with E-state index < -0.39 is 0 Å². The number of carbonyl (C=O) groups excluding carboxylic acids is 1. The zero-order valence-electron chi connectivity index (χ0n) is 17.3. The normalized spacial score (nSPS) is 11.5. The van der Waals surface area contributed by atoms with Crippen molar-refractivity contribution in [3.63, 3.8) is 0 Å². The van der Waals surface area contributed by atoms with Crippen molar-refractivity contribution in [3.05, 3.63) is 52.7 Å². The van der Waals surface area contributed by atoms with Crippen LogP contribution in [0.25, 0.3) is 5.78 Å². The first-order valence-corrected chi connectivity index (χ1v) is 10.9. The average molecular weight is 414 g/mol. The lowest BCUT2D eigenvalue weighted by atomic mass is 10.0. The van der Waals surface area contributed by atoms with Gasteiger partial charge in [-0.05, 0) is 38.8 Å². The molecule has 29 heavy (non-hydrogen) atoms. The van der Waals surface area contributed by atoms with E-state index in [0.717, 1.165) is 23.4 Å². The molecule has 0 saturated heterocycles. The van der Waals surface area contributed by atoms with Crippen LogP contribution in [-0.2, 0) is 10.5 Å². The molecule has 1 N–H and O–H groups in total. The molecule has 0 aliphatic carbocycles. The molecule has 0 aliphatic heterocycles. The van der Waals surface area contributed by atoms with Crippen molar-refractivity contribution in [2.75, 3.05) is 5.32 Å². The molecule has 0 atom stereocenters. The summed E-state index contributed by atoms with van der Waals surface area (Å²) in [6.07, 6.45) is 3.26. The van der Waals surface area contributed by atoms with Crippen molar-refractivity contribution in [1.82, 2.24) is 19.2 Å². The molecular weight excluding hydrogens is 386 g/mol. The monoisotopic (exact) mass is 413 g/mol. The van der Waals surface area contributed by atoms with Crippen LogP contribution in [0, 0.1) is 5.92 Å². The molecule has 0 unspecified atom stereocenters. The molecule has 7 nitrogen and oxygen atoms in total. The number of nitrogens with one attached hydrogen (secondary N) is 1. The lowest BCUT2D eigenvalue weighted by Gasteiger charge is -2.15. The van der Waals surface area contributed by atoms with Crippen LogP contribution in [0.1, 0.15) is 52.3 Å². The van der Waals surface area contributed by atoms with Crippen molar-refractivity contribution >= 4 is 29.1 Å². The van der Waals surface area contributed by atoms with Crippen molar-refractivity contribution in [1.29, 1.82) is 0 Å². The van der Waals surface area contributed by atoms with Crippen LogP contribution in [0.5, 0.6) is 0 Å². The third kappa shape index (κ3) is 4.70. The van der Waals surface area contributed by atoms with E-state index in [4.69, 9.17) is 0 Å². The second-order valence-corrected chi connectivity index (χ2v) is 8.22. The SMILES string of the molecule is CCC(CC)C(=O)Nc1ccccc1SCc1cc(=O)n2c(ncn2C(C)C)n1. The van der Waals surface area contributed by atoms with E-state index in [1.807, 2.05) is 52.0 Å². The minimum absolute atomic E-state index is 0.00763. The van der Waals surface area contributed by atoms with Crippen LogP contribution in [-0.4, -0.2) is 25.1 Å². The zero-order chi connectivity index (χ0) is 21.0. The molecular formula is C21H27N5O2S. The van der Waals surface area contributed by atoms with E-state index in [-0.39, 0.29) is 23.4 Å². The number of hydrogen-bond donors (Lipinski definition) is 1. The lowest BCUT2D eigenvalue weighted by Crippen LogP contribution is -2.22. The summed E-state index contributed by atoms with van der Waals surface area (Å²) in [5, 5.41) is 3.04. The Bertz CT molecular complexity index is 1050.